The molecule has 0 bridgehead atoms. The van der Waals surface area contributed by atoms with Gasteiger partial charge in [-0.05, 0) is 32.1 Å². The molecule has 2 N–H and O–H groups in total. The Bertz CT molecular complexity index is 794. The maximum absolute atomic E-state index is 13.0. The molecule has 2 aromatic rings. The molecule has 0 aliphatic heterocycles. The molecule has 0 spiro atoms. The van der Waals surface area contributed by atoms with Crippen LogP contribution in [0.5, 0.6) is 0 Å². The maximum atomic E-state index is 13.0. The first-order valence-corrected chi connectivity index (χ1v) is 9.31. The summed E-state index contributed by atoms with van der Waals surface area (Å²) in [5.41, 5.74) is -0.301. The van der Waals surface area contributed by atoms with Gasteiger partial charge in [0.1, 0.15) is 0 Å². The van der Waals surface area contributed by atoms with E-state index < -0.39 is 31.4 Å². The minimum Gasteiger partial charge on any atom is -0.591 e. The monoisotopic (exact) mass is 416 g/mol. The Morgan fingerprint density at radius 1 is 1.18 bits per heavy atom. The van der Waals surface area contributed by atoms with Gasteiger partial charge in [-0.3, -0.25) is 4.79 Å². The molecule has 0 radical (unpaired) electrons. The van der Waals surface area contributed by atoms with Crippen molar-refractivity contribution in [3.05, 3.63) is 59.4 Å². The lowest BCUT2D eigenvalue weighted by Gasteiger charge is -2.06. The number of rotatable bonds is 7. The largest absolute Gasteiger partial charge is 0.591 e. The van der Waals surface area contributed by atoms with E-state index in [9.17, 15) is 27.4 Å². The second kappa shape index (κ2) is 12.2. The highest BCUT2D eigenvalue weighted by Crippen LogP contribution is 2.18. The lowest BCUT2D eigenvalue weighted by Crippen LogP contribution is -2.15. The predicted molar refractivity (Wildman–Crippen MR) is 98.4 cm³/mol. The molecule has 0 fully saturated rings. The summed E-state index contributed by atoms with van der Waals surface area (Å²) < 4.78 is 54.4. The van der Waals surface area contributed by atoms with E-state index in [2.05, 4.69) is 10.6 Å². The summed E-state index contributed by atoms with van der Waals surface area (Å²) in [6.07, 6.45) is 1.10. The minimum atomic E-state index is -2.86. The van der Waals surface area contributed by atoms with Gasteiger partial charge in [0.05, 0.1) is 0 Å². The Morgan fingerprint density at radius 3 is 2.36 bits per heavy atom. The molecule has 0 saturated carbocycles. The number of nitrogens with one attached hydrogen (secondary N) is 2. The molecule has 0 aliphatic rings. The number of halogens is 3. The second-order valence-corrected chi connectivity index (χ2v) is 6.50. The zero-order chi connectivity index (χ0) is 21.1. The number of amides is 1. The van der Waals surface area contributed by atoms with Crippen molar-refractivity contribution in [2.75, 3.05) is 32.6 Å². The predicted octanol–water partition coefficient (Wildman–Crippen LogP) is 2.33. The first kappa shape index (κ1) is 23.7. The molecule has 152 valence electrons. The molecule has 0 aromatic heterocycles. The molecule has 28 heavy (non-hydrogen) atoms. The molecule has 2 aromatic carbocycles. The van der Waals surface area contributed by atoms with Crippen LogP contribution in [-0.4, -0.2) is 33.2 Å². The number of ether oxygens (including phenoxy) is 1. The molecular formula is C18H20F3N2O4P. The van der Waals surface area contributed by atoms with E-state index in [0.717, 1.165) is 25.6 Å². The van der Waals surface area contributed by atoms with Gasteiger partial charge in [-0.25, -0.2) is 13.2 Å². The van der Waals surface area contributed by atoms with Crippen LogP contribution in [0.15, 0.2) is 36.4 Å². The number of carbonyl (C=O) groups is 1. The van der Waals surface area contributed by atoms with Crippen molar-refractivity contribution >= 4 is 24.9 Å². The van der Waals surface area contributed by atoms with Crippen LogP contribution < -0.4 is 20.8 Å². The van der Waals surface area contributed by atoms with Gasteiger partial charge in [-0.2, -0.15) is 0 Å². The standard InChI is InChI=1S/C13H7F3NO3P.C5H13NO/c14-10-5-8(6-11(15)12(10)16)17-13(18)7-2-1-3-9(4-7)21(19)20;1-6-4-3-5-7-2/h1-6H,(H,17,18);6H,3-5H2,1-2H3. The van der Waals surface area contributed by atoms with E-state index in [1.54, 1.807) is 7.11 Å². The van der Waals surface area contributed by atoms with Crippen molar-refractivity contribution in [3.63, 3.8) is 0 Å². The fourth-order valence-corrected chi connectivity index (χ4v) is 2.44. The number of hydrogen-bond donors (Lipinski definition) is 2. The number of methoxy groups -OCH3 is 1. The summed E-state index contributed by atoms with van der Waals surface area (Å²) in [5, 5.41) is 5.10. The quantitative estimate of drug-likeness (QED) is 0.411. The van der Waals surface area contributed by atoms with Crippen LogP contribution in [0.1, 0.15) is 16.8 Å². The van der Waals surface area contributed by atoms with Crippen LogP contribution in [-0.2, 0) is 9.30 Å². The van der Waals surface area contributed by atoms with E-state index >= 15 is 0 Å². The fourth-order valence-electron chi connectivity index (χ4n) is 1.98. The number of hydrogen-bond acceptors (Lipinski definition) is 5. The summed E-state index contributed by atoms with van der Waals surface area (Å²) in [6, 6.07) is 6.31. The average molecular weight is 416 g/mol. The van der Waals surface area contributed by atoms with Gasteiger partial charge < -0.3 is 20.3 Å². The number of anilines is 1. The number of benzene rings is 2. The summed E-state index contributed by atoms with van der Waals surface area (Å²) >= 11 is 0. The summed E-state index contributed by atoms with van der Waals surface area (Å²) in [4.78, 5) is 22.7. The molecule has 0 saturated heterocycles. The topological polar surface area (TPSA) is 90.5 Å². The molecule has 1 atom stereocenters. The minimum absolute atomic E-state index is 0.0168. The van der Waals surface area contributed by atoms with Crippen LogP contribution in [0.25, 0.3) is 0 Å². The lowest BCUT2D eigenvalue weighted by atomic mass is 10.2. The molecule has 2 rings (SSSR count). The molecule has 10 heteroatoms. The van der Waals surface area contributed by atoms with E-state index in [1.807, 2.05) is 7.05 Å². The van der Waals surface area contributed by atoms with Crippen molar-refractivity contribution < 1.29 is 32.2 Å². The van der Waals surface area contributed by atoms with E-state index in [0.29, 0.717) is 12.1 Å². The molecule has 1 amide bonds. The van der Waals surface area contributed by atoms with Crippen LogP contribution in [0.4, 0.5) is 18.9 Å². The third-order valence-electron chi connectivity index (χ3n) is 3.34. The van der Waals surface area contributed by atoms with Gasteiger partial charge >= 0.3 is 8.03 Å². The van der Waals surface area contributed by atoms with Crippen molar-refractivity contribution in [2.45, 2.75) is 6.42 Å². The molecular weight excluding hydrogens is 396 g/mol. The van der Waals surface area contributed by atoms with Gasteiger partial charge in [0.25, 0.3) is 5.91 Å². The Kier molecular flexibility index (Phi) is 10.3. The second-order valence-electron chi connectivity index (χ2n) is 5.47. The highest BCUT2D eigenvalue weighted by atomic mass is 31.1. The van der Waals surface area contributed by atoms with Gasteiger partial charge in [0.2, 0.25) is 0 Å². The van der Waals surface area contributed by atoms with Crippen LogP contribution in [0.2, 0.25) is 0 Å². The third-order valence-corrected chi connectivity index (χ3v) is 4.04. The zero-order valence-electron chi connectivity index (χ0n) is 15.3. The Hall–Kier alpha value is -2.32. The van der Waals surface area contributed by atoms with Gasteiger partial charge in [0, 0.05) is 43.2 Å². The van der Waals surface area contributed by atoms with E-state index in [-0.39, 0.29) is 16.6 Å². The van der Waals surface area contributed by atoms with E-state index in [1.165, 1.54) is 18.2 Å². The normalized spacial score (nSPS) is 10.7. The van der Waals surface area contributed by atoms with Gasteiger partial charge in [-0.15, -0.1) is 0 Å². The lowest BCUT2D eigenvalue weighted by molar-refractivity contribution is -0.160. The molecule has 0 heterocycles. The zero-order valence-corrected chi connectivity index (χ0v) is 16.2. The Morgan fingerprint density at radius 2 is 1.82 bits per heavy atom. The molecule has 1 unspecified atom stereocenters. The fraction of sp³-hybridized carbons (Fsp3) is 0.278. The van der Waals surface area contributed by atoms with Crippen LogP contribution in [0, 0.1) is 17.5 Å². The molecule has 6 nitrogen and oxygen atoms in total. The third kappa shape index (κ3) is 7.74. The first-order valence-electron chi connectivity index (χ1n) is 8.14. The number of carbonyl (C=O) groups excluding carboxylic acids is 1. The molecule has 0 aliphatic carbocycles. The summed E-state index contributed by atoms with van der Waals surface area (Å²) in [5.74, 6) is -5.30. The SMILES string of the molecule is CNCCCOC.O=C(Nc1cc(F)c(F)c(F)c1)c1cccc([P+](=O)[O-])c1. The maximum Gasteiger partial charge on any atom is 0.348 e. The van der Waals surface area contributed by atoms with E-state index in [4.69, 9.17) is 4.74 Å². The highest BCUT2D eigenvalue weighted by molar-refractivity contribution is 7.45. The first-order chi connectivity index (χ1) is 13.3. The Labute approximate surface area is 161 Å². The van der Waals surface area contributed by atoms with Crippen LogP contribution in [0.3, 0.4) is 0 Å². The smallest absolute Gasteiger partial charge is 0.348 e. The van der Waals surface area contributed by atoms with Gasteiger partial charge in [0.15, 0.2) is 22.8 Å². The highest BCUT2D eigenvalue weighted by Gasteiger charge is 2.15. The van der Waals surface area contributed by atoms with Crippen molar-refractivity contribution in [3.8, 4) is 0 Å². The average Bonchev–Trinajstić information content (AvgIpc) is 2.67. The summed E-state index contributed by atoms with van der Waals surface area (Å²) in [7, 11) is 0.798. The summed E-state index contributed by atoms with van der Waals surface area (Å²) in [6.45, 7) is 1.91. The van der Waals surface area contributed by atoms with Gasteiger partial charge in [-0.1, -0.05) is 10.6 Å². The van der Waals surface area contributed by atoms with Crippen molar-refractivity contribution in [1.82, 2.24) is 5.32 Å². The Balaban J connectivity index is 0.000000480. The van der Waals surface area contributed by atoms with Crippen LogP contribution >= 0.6 is 8.03 Å². The van der Waals surface area contributed by atoms with Crippen molar-refractivity contribution in [1.29, 1.82) is 0 Å². The van der Waals surface area contributed by atoms with Crippen molar-refractivity contribution in [2.24, 2.45) is 0 Å².